The average Bonchev–Trinajstić information content (AvgIpc) is 3.27. The van der Waals surface area contributed by atoms with Crippen LogP contribution in [0.25, 0.3) is 0 Å². The molecule has 0 aliphatic carbocycles. The van der Waals surface area contributed by atoms with Crippen LogP contribution in [-0.2, 0) is 25.5 Å². The summed E-state index contributed by atoms with van der Waals surface area (Å²) in [6, 6.07) is 15.4. The van der Waals surface area contributed by atoms with Gasteiger partial charge >= 0.3 is 5.97 Å². The van der Waals surface area contributed by atoms with E-state index in [-0.39, 0.29) is 24.5 Å². The van der Waals surface area contributed by atoms with Gasteiger partial charge in [-0.3, -0.25) is 9.59 Å². The van der Waals surface area contributed by atoms with Crippen molar-refractivity contribution in [2.24, 2.45) is 0 Å². The number of amides is 2. The molecule has 0 atom stereocenters. The number of esters is 1. The van der Waals surface area contributed by atoms with E-state index >= 15 is 0 Å². The number of nitrogens with one attached hydrogen (secondary N) is 2. The van der Waals surface area contributed by atoms with E-state index < -0.39 is 17.8 Å². The summed E-state index contributed by atoms with van der Waals surface area (Å²) in [5.41, 5.74) is 1.92. The number of anilines is 2. The van der Waals surface area contributed by atoms with Gasteiger partial charge in [0, 0.05) is 17.1 Å². The number of methoxy groups -OCH3 is 1. The highest BCUT2D eigenvalue weighted by Gasteiger charge is 2.15. The molecule has 9 heteroatoms. The minimum Gasteiger partial charge on any atom is -0.469 e. The first-order chi connectivity index (χ1) is 15.4. The first-order valence-corrected chi connectivity index (χ1v) is 9.99. The van der Waals surface area contributed by atoms with Crippen LogP contribution in [-0.4, -0.2) is 38.1 Å². The molecule has 0 radical (unpaired) electrons. The molecule has 0 spiro atoms. The van der Waals surface area contributed by atoms with Crippen molar-refractivity contribution < 1.29 is 28.3 Å². The Balaban J connectivity index is 1.47. The minimum atomic E-state index is -0.641. The van der Waals surface area contributed by atoms with E-state index in [4.69, 9.17) is 20.8 Å². The topological polar surface area (TPSA) is 107 Å². The quantitative estimate of drug-likeness (QED) is 0.473. The summed E-state index contributed by atoms with van der Waals surface area (Å²) >= 11 is 5.89. The molecule has 0 aliphatic rings. The number of carbonyl (C=O) groups is 3. The summed E-state index contributed by atoms with van der Waals surface area (Å²) in [4.78, 5) is 36.1. The van der Waals surface area contributed by atoms with Crippen LogP contribution in [0.4, 0.5) is 11.4 Å². The summed E-state index contributed by atoms with van der Waals surface area (Å²) in [6.07, 6.45) is 2.21. The maximum atomic E-state index is 12.1. The Morgan fingerprint density at radius 2 is 1.75 bits per heavy atom. The fraction of sp³-hybridized carbons (Fsp3) is 0.174. The van der Waals surface area contributed by atoms with Crippen molar-refractivity contribution in [3.05, 3.63) is 82.8 Å². The third-order valence-electron chi connectivity index (χ3n) is 4.30. The first kappa shape index (κ1) is 23.1. The Morgan fingerprint density at radius 3 is 2.47 bits per heavy atom. The standard InChI is InChI=1S/C23H21ClN2O6/c1-30-23(29)19-12-16(24)7-8-20(19)26-22(28)14-31-13-21(27)25-17-5-2-4-15(10-17)11-18-6-3-9-32-18/h2-10,12H,11,13-14H2,1H3,(H,25,27)(H,26,28). The molecule has 2 N–H and O–H groups in total. The van der Waals surface area contributed by atoms with Gasteiger partial charge in [-0.2, -0.15) is 0 Å². The predicted octanol–water partition coefficient (Wildman–Crippen LogP) is 3.90. The molecule has 0 saturated carbocycles. The van der Waals surface area contributed by atoms with E-state index in [9.17, 15) is 14.4 Å². The van der Waals surface area contributed by atoms with Crippen LogP contribution < -0.4 is 10.6 Å². The highest BCUT2D eigenvalue weighted by Crippen LogP contribution is 2.21. The Hall–Kier alpha value is -3.62. The maximum Gasteiger partial charge on any atom is 0.340 e. The molecular weight excluding hydrogens is 436 g/mol. The van der Waals surface area contributed by atoms with Crippen LogP contribution in [0.5, 0.6) is 0 Å². The van der Waals surface area contributed by atoms with E-state index in [1.165, 1.54) is 25.3 Å². The molecule has 0 bridgehead atoms. The van der Waals surface area contributed by atoms with Crippen molar-refractivity contribution in [1.82, 2.24) is 0 Å². The Kier molecular flexibility index (Phi) is 8.02. The van der Waals surface area contributed by atoms with Crippen LogP contribution in [0.3, 0.4) is 0 Å². The van der Waals surface area contributed by atoms with Gasteiger partial charge in [-0.25, -0.2) is 4.79 Å². The predicted molar refractivity (Wildman–Crippen MR) is 119 cm³/mol. The second kappa shape index (κ2) is 11.1. The van der Waals surface area contributed by atoms with Gasteiger partial charge in [-0.15, -0.1) is 0 Å². The molecule has 0 saturated heterocycles. The molecule has 3 aromatic rings. The number of furan rings is 1. The number of hydrogen-bond acceptors (Lipinski definition) is 6. The van der Waals surface area contributed by atoms with Crippen LogP contribution >= 0.6 is 11.6 Å². The van der Waals surface area contributed by atoms with Crippen molar-refractivity contribution in [2.75, 3.05) is 31.0 Å². The van der Waals surface area contributed by atoms with Gasteiger partial charge in [-0.1, -0.05) is 23.7 Å². The lowest BCUT2D eigenvalue weighted by atomic mass is 10.1. The number of benzene rings is 2. The molecule has 1 heterocycles. The lowest BCUT2D eigenvalue weighted by Gasteiger charge is -2.11. The van der Waals surface area contributed by atoms with Crippen molar-refractivity contribution in [3.8, 4) is 0 Å². The van der Waals surface area contributed by atoms with Crippen LogP contribution in [0.2, 0.25) is 5.02 Å². The molecular formula is C23H21ClN2O6. The van der Waals surface area contributed by atoms with Crippen molar-refractivity contribution in [2.45, 2.75) is 6.42 Å². The second-order valence-corrected chi connectivity index (χ2v) is 7.16. The third kappa shape index (κ3) is 6.69. The van der Waals surface area contributed by atoms with E-state index in [0.29, 0.717) is 17.1 Å². The van der Waals surface area contributed by atoms with Crippen molar-refractivity contribution in [1.29, 1.82) is 0 Å². The SMILES string of the molecule is COC(=O)c1cc(Cl)ccc1NC(=O)COCC(=O)Nc1cccc(Cc2ccco2)c1. The molecule has 1 aromatic heterocycles. The fourth-order valence-electron chi connectivity index (χ4n) is 2.90. The van der Waals surface area contributed by atoms with E-state index in [1.807, 2.05) is 30.3 Å². The van der Waals surface area contributed by atoms with Gasteiger partial charge in [0.25, 0.3) is 0 Å². The molecule has 8 nitrogen and oxygen atoms in total. The molecule has 2 amide bonds. The molecule has 3 rings (SSSR count). The summed E-state index contributed by atoms with van der Waals surface area (Å²) in [7, 11) is 1.23. The average molecular weight is 457 g/mol. The largest absolute Gasteiger partial charge is 0.469 e. The monoisotopic (exact) mass is 456 g/mol. The normalized spacial score (nSPS) is 10.4. The van der Waals surface area contributed by atoms with Gasteiger partial charge in [0.15, 0.2) is 0 Å². The summed E-state index contributed by atoms with van der Waals surface area (Å²) in [6.45, 7) is -0.699. The number of carbonyl (C=O) groups excluding carboxylic acids is 3. The second-order valence-electron chi connectivity index (χ2n) is 6.73. The van der Waals surface area contributed by atoms with Crippen LogP contribution in [0, 0.1) is 0 Å². The van der Waals surface area contributed by atoms with E-state index in [0.717, 1.165) is 11.3 Å². The van der Waals surface area contributed by atoms with Gasteiger partial charge in [-0.05, 0) is 48.0 Å². The summed E-state index contributed by atoms with van der Waals surface area (Å²) in [5.74, 6) is -0.767. The minimum absolute atomic E-state index is 0.112. The fourth-order valence-corrected chi connectivity index (χ4v) is 3.07. The lowest BCUT2D eigenvalue weighted by molar-refractivity contribution is -0.125. The Bertz CT molecular complexity index is 1100. The zero-order valence-electron chi connectivity index (χ0n) is 17.2. The molecule has 0 aliphatic heterocycles. The van der Waals surface area contributed by atoms with Crippen molar-refractivity contribution >= 4 is 40.8 Å². The smallest absolute Gasteiger partial charge is 0.340 e. The zero-order valence-corrected chi connectivity index (χ0v) is 18.0. The number of rotatable bonds is 9. The Labute approximate surface area is 189 Å². The van der Waals surface area contributed by atoms with E-state index in [2.05, 4.69) is 15.4 Å². The summed E-state index contributed by atoms with van der Waals surface area (Å²) < 4.78 is 15.2. The number of halogens is 1. The van der Waals surface area contributed by atoms with E-state index in [1.54, 1.807) is 12.3 Å². The molecule has 32 heavy (non-hydrogen) atoms. The van der Waals surface area contributed by atoms with Crippen LogP contribution in [0.15, 0.2) is 65.3 Å². The number of ether oxygens (including phenoxy) is 2. The Morgan fingerprint density at radius 1 is 0.969 bits per heavy atom. The van der Waals surface area contributed by atoms with Gasteiger partial charge in [0.05, 0.1) is 24.6 Å². The molecule has 0 fully saturated rings. The highest BCUT2D eigenvalue weighted by atomic mass is 35.5. The number of hydrogen-bond donors (Lipinski definition) is 2. The highest BCUT2D eigenvalue weighted by molar-refractivity contribution is 6.31. The summed E-state index contributed by atoms with van der Waals surface area (Å²) in [5, 5.41) is 5.59. The van der Waals surface area contributed by atoms with Crippen LogP contribution in [0.1, 0.15) is 21.7 Å². The molecule has 166 valence electrons. The molecule has 0 unspecified atom stereocenters. The first-order valence-electron chi connectivity index (χ1n) is 9.61. The van der Waals surface area contributed by atoms with Gasteiger partial charge < -0.3 is 24.5 Å². The van der Waals surface area contributed by atoms with Crippen molar-refractivity contribution in [3.63, 3.8) is 0 Å². The zero-order chi connectivity index (χ0) is 22.9. The van der Waals surface area contributed by atoms with Gasteiger partial charge in [0.1, 0.15) is 19.0 Å². The third-order valence-corrected chi connectivity index (χ3v) is 4.53. The molecule has 2 aromatic carbocycles. The maximum absolute atomic E-state index is 12.1. The van der Waals surface area contributed by atoms with Gasteiger partial charge in [0.2, 0.25) is 11.8 Å². The lowest BCUT2D eigenvalue weighted by Crippen LogP contribution is -2.24.